The highest BCUT2D eigenvalue weighted by molar-refractivity contribution is 9.10. The molecule has 4 rings (SSSR count). The highest BCUT2D eigenvalue weighted by Crippen LogP contribution is 2.36. The van der Waals surface area contributed by atoms with E-state index < -0.39 is 0 Å². The van der Waals surface area contributed by atoms with Crippen LogP contribution in [0.1, 0.15) is 43.6 Å². The molecule has 0 fully saturated rings. The maximum Gasteiger partial charge on any atom is 0.282 e. The molecule has 1 amide bonds. The van der Waals surface area contributed by atoms with Crippen LogP contribution < -0.4 is 20.3 Å². The summed E-state index contributed by atoms with van der Waals surface area (Å²) >= 11 is 9.98. The summed E-state index contributed by atoms with van der Waals surface area (Å²) in [6, 6.07) is 16.2. The Morgan fingerprint density at radius 2 is 1.90 bits per heavy atom. The molecule has 1 aromatic heterocycles. The number of rotatable bonds is 11. The quantitative estimate of drug-likeness (QED) is 0.186. The summed E-state index contributed by atoms with van der Waals surface area (Å²) in [5.41, 5.74) is 2.72. The molecule has 0 saturated carbocycles. The molecule has 3 aromatic carbocycles. The van der Waals surface area contributed by atoms with Gasteiger partial charge in [0.25, 0.3) is 11.5 Å². The molecule has 1 N–H and O–H groups in total. The number of carbonyl (C=O) groups is 1. The number of fused-ring (bicyclic) bond motifs is 1. The molecule has 0 aliphatic heterocycles. The second-order valence-electron chi connectivity index (χ2n) is 9.12. The van der Waals surface area contributed by atoms with Gasteiger partial charge in [-0.15, -0.1) is 0 Å². The molecule has 0 radical (unpaired) electrons. The van der Waals surface area contributed by atoms with E-state index in [1.54, 1.807) is 18.2 Å². The summed E-state index contributed by atoms with van der Waals surface area (Å²) < 4.78 is 13.6. The second kappa shape index (κ2) is 13.6. The first-order valence-electron chi connectivity index (χ1n) is 13.0. The van der Waals surface area contributed by atoms with Crippen molar-refractivity contribution in [2.75, 3.05) is 18.5 Å². The molecule has 0 aliphatic carbocycles. The van der Waals surface area contributed by atoms with Crippen LogP contribution in [-0.4, -0.2) is 35.0 Å². The Kier molecular flexibility index (Phi) is 9.95. The van der Waals surface area contributed by atoms with Crippen LogP contribution in [0.4, 0.5) is 5.69 Å². The van der Waals surface area contributed by atoms with Crippen LogP contribution in [0.25, 0.3) is 10.9 Å². The van der Waals surface area contributed by atoms with Crippen LogP contribution in [0.15, 0.2) is 69.0 Å². The number of amides is 1. The fourth-order valence-corrected chi connectivity index (χ4v) is 4.61. The summed E-state index contributed by atoms with van der Waals surface area (Å²) in [6.07, 6.45) is 3.96. The number of unbranched alkanes of at least 4 members (excludes halogenated alkanes) is 1. The van der Waals surface area contributed by atoms with Gasteiger partial charge >= 0.3 is 0 Å². The van der Waals surface area contributed by atoms with Gasteiger partial charge in [-0.05, 0) is 68.3 Å². The van der Waals surface area contributed by atoms with E-state index in [2.05, 4.69) is 33.3 Å². The highest BCUT2D eigenvalue weighted by Gasteiger charge is 2.15. The molecule has 40 heavy (non-hydrogen) atoms. The van der Waals surface area contributed by atoms with Gasteiger partial charge in [-0.1, -0.05) is 58.6 Å². The maximum atomic E-state index is 13.4. The van der Waals surface area contributed by atoms with E-state index in [0.717, 1.165) is 22.9 Å². The maximum absolute atomic E-state index is 13.4. The molecule has 4 aromatic rings. The largest absolute Gasteiger partial charge is 0.490 e. The average molecular weight is 626 g/mol. The number of aryl methyl sites for hydroxylation is 2. The van der Waals surface area contributed by atoms with E-state index in [9.17, 15) is 9.59 Å². The zero-order valence-corrected chi connectivity index (χ0v) is 24.9. The SMILES string of the molecule is CCCCc1nc2ccc(Br)cc2c(=O)n1N=Cc1cc(Cl)c(OCC(=O)Nc2ccc(C)cc2)c(OCC)c1. The van der Waals surface area contributed by atoms with Gasteiger partial charge in [0.1, 0.15) is 5.82 Å². The van der Waals surface area contributed by atoms with Gasteiger partial charge in [-0.25, -0.2) is 4.98 Å². The van der Waals surface area contributed by atoms with Crippen LogP contribution in [0.3, 0.4) is 0 Å². The summed E-state index contributed by atoms with van der Waals surface area (Å²) in [6.45, 7) is 5.99. The molecule has 0 saturated heterocycles. The zero-order valence-electron chi connectivity index (χ0n) is 22.5. The number of anilines is 1. The third-order valence-electron chi connectivity index (χ3n) is 5.97. The Morgan fingerprint density at radius 1 is 1.12 bits per heavy atom. The van der Waals surface area contributed by atoms with Crippen LogP contribution >= 0.6 is 27.5 Å². The Hall–Kier alpha value is -3.69. The molecule has 0 atom stereocenters. The second-order valence-corrected chi connectivity index (χ2v) is 10.4. The monoisotopic (exact) mass is 624 g/mol. The Bertz CT molecular complexity index is 1600. The fraction of sp³-hybridized carbons (Fsp3) is 0.267. The molecule has 0 aliphatic rings. The molecule has 208 valence electrons. The Labute approximate surface area is 246 Å². The van der Waals surface area contributed by atoms with Gasteiger partial charge in [0.2, 0.25) is 0 Å². The number of benzene rings is 3. The summed E-state index contributed by atoms with van der Waals surface area (Å²) in [5.74, 6) is 0.854. The van der Waals surface area contributed by atoms with Gasteiger partial charge < -0.3 is 14.8 Å². The van der Waals surface area contributed by atoms with Crippen molar-refractivity contribution in [2.24, 2.45) is 5.10 Å². The van der Waals surface area contributed by atoms with Crippen molar-refractivity contribution in [3.8, 4) is 11.5 Å². The van der Waals surface area contributed by atoms with Gasteiger partial charge in [-0.3, -0.25) is 9.59 Å². The van der Waals surface area contributed by atoms with Crippen LogP contribution in [-0.2, 0) is 11.2 Å². The normalized spacial score (nSPS) is 11.2. The van der Waals surface area contributed by atoms with E-state index in [0.29, 0.717) is 46.8 Å². The van der Waals surface area contributed by atoms with E-state index in [1.807, 2.05) is 50.2 Å². The first kappa shape index (κ1) is 29.3. The van der Waals surface area contributed by atoms with Crippen molar-refractivity contribution in [2.45, 2.75) is 40.0 Å². The molecular formula is C30H30BrClN4O4. The molecule has 8 nitrogen and oxygen atoms in total. The minimum Gasteiger partial charge on any atom is -0.490 e. The van der Waals surface area contributed by atoms with Gasteiger partial charge in [0.15, 0.2) is 18.1 Å². The highest BCUT2D eigenvalue weighted by atomic mass is 79.9. The van der Waals surface area contributed by atoms with Crippen LogP contribution in [0.5, 0.6) is 11.5 Å². The van der Waals surface area contributed by atoms with Gasteiger partial charge in [0.05, 0.1) is 28.7 Å². The zero-order chi connectivity index (χ0) is 28.6. The molecule has 10 heteroatoms. The smallest absolute Gasteiger partial charge is 0.282 e. The number of nitrogens with one attached hydrogen (secondary N) is 1. The summed E-state index contributed by atoms with van der Waals surface area (Å²) in [4.78, 5) is 30.5. The van der Waals surface area contributed by atoms with Crippen molar-refractivity contribution in [1.82, 2.24) is 9.66 Å². The number of hydrogen-bond donors (Lipinski definition) is 1. The average Bonchev–Trinajstić information content (AvgIpc) is 2.93. The molecule has 0 unspecified atom stereocenters. The molecule has 0 bridgehead atoms. The fourth-order valence-electron chi connectivity index (χ4n) is 3.97. The number of nitrogens with zero attached hydrogens (tertiary/aromatic N) is 3. The lowest BCUT2D eigenvalue weighted by atomic mass is 10.2. The van der Waals surface area contributed by atoms with Crippen molar-refractivity contribution in [3.05, 3.63) is 91.4 Å². The molecular weight excluding hydrogens is 596 g/mol. The van der Waals surface area contributed by atoms with E-state index in [4.69, 9.17) is 26.1 Å². The van der Waals surface area contributed by atoms with Crippen LogP contribution in [0, 0.1) is 6.92 Å². The predicted octanol–water partition coefficient (Wildman–Crippen LogP) is 6.76. The first-order chi connectivity index (χ1) is 19.3. The van der Waals surface area contributed by atoms with Gasteiger partial charge in [0, 0.05) is 16.6 Å². The van der Waals surface area contributed by atoms with Crippen molar-refractivity contribution in [1.29, 1.82) is 0 Å². The minimum absolute atomic E-state index is 0.245. The minimum atomic E-state index is -0.331. The topological polar surface area (TPSA) is 94.8 Å². The first-order valence-corrected chi connectivity index (χ1v) is 14.2. The third-order valence-corrected chi connectivity index (χ3v) is 6.74. The number of aromatic nitrogens is 2. The Morgan fingerprint density at radius 3 is 2.62 bits per heavy atom. The van der Waals surface area contributed by atoms with E-state index in [1.165, 1.54) is 10.9 Å². The predicted molar refractivity (Wildman–Crippen MR) is 163 cm³/mol. The lowest BCUT2D eigenvalue weighted by Gasteiger charge is -2.14. The Balaban J connectivity index is 1.60. The number of ether oxygens (including phenoxy) is 2. The number of hydrogen-bond acceptors (Lipinski definition) is 6. The van der Waals surface area contributed by atoms with Crippen LogP contribution in [0.2, 0.25) is 5.02 Å². The molecule has 0 spiro atoms. The van der Waals surface area contributed by atoms with Crippen molar-refractivity contribution >= 4 is 56.2 Å². The summed E-state index contributed by atoms with van der Waals surface area (Å²) in [5, 5.41) is 7.99. The summed E-state index contributed by atoms with van der Waals surface area (Å²) in [7, 11) is 0. The number of carbonyl (C=O) groups excluding carboxylic acids is 1. The lowest BCUT2D eigenvalue weighted by Crippen LogP contribution is -2.22. The third kappa shape index (κ3) is 7.28. The lowest BCUT2D eigenvalue weighted by molar-refractivity contribution is -0.118. The van der Waals surface area contributed by atoms with E-state index >= 15 is 0 Å². The van der Waals surface area contributed by atoms with Crippen molar-refractivity contribution in [3.63, 3.8) is 0 Å². The number of halogens is 2. The standard InChI is InChI=1S/C30H30BrClN4O4/c1-4-6-7-27-35-25-13-10-21(31)16-23(25)30(38)36(27)33-17-20-14-24(32)29(26(15-20)39-5-2)40-18-28(37)34-22-11-8-19(3)9-12-22/h8-17H,4-7,18H2,1-3H3,(H,34,37). The van der Waals surface area contributed by atoms with Crippen molar-refractivity contribution < 1.29 is 14.3 Å². The van der Waals surface area contributed by atoms with E-state index in [-0.39, 0.29) is 28.8 Å². The molecule has 1 heterocycles. The van der Waals surface area contributed by atoms with Gasteiger partial charge in [-0.2, -0.15) is 9.78 Å².